The highest BCUT2D eigenvalue weighted by molar-refractivity contribution is 6.30. The molecule has 7 nitrogen and oxygen atoms in total. The van der Waals surface area contributed by atoms with Crippen molar-refractivity contribution in [2.24, 2.45) is 4.99 Å². The Balaban J connectivity index is 2.45. The summed E-state index contributed by atoms with van der Waals surface area (Å²) in [4.78, 5) is 32.1. The third kappa shape index (κ3) is 4.08. The number of aromatic nitrogens is 2. The molecule has 1 aromatic heterocycles. The maximum Gasteiger partial charge on any atom is 0.335 e. The molecule has 0 saturated heterocycles. The second-order valence-electron chi connectivity index (χ2n) is 5.15. The van der Waals surface area contributed by atoms with Gasteiger partial charge in [-0.25, -0.2) is 9.36 Å². The SMILES string of the molecule is CN(C)CCN=Cc1c(O)n(-c2ccc(Cl)cc2)c(=O)[nH]c1=O. The summed E-state index contributed by atoms with van der Waals surface area (Å²) in [6, 6.07) is 6.29. The number of likely N-dealkylation sites (N-methyl/N-ethyl adjacent to an activating group) is 1. The predicted octanol–water partition coefficient (Wildman–Crippen LogP) is 0.865. The van der Waals surface area contributed by atoms with Crippen molar-refractivity contribution >= 4 is 17.8 Å². The van der Waals surface area contributed by atoms with Crippen LogP contribution in [0.1, 0.15) is 5.56 Å². The topological polar surface area (TPSA) is 90.7 Å². The third-order valence-electron chi connectivity index (χ3n) is 3.10. The molecule has 23 heavy (non-hydrogen) atoms. The smallest absolute Gasteiger partial charge is 0.335 e. The van der Waals surface area contributed by atoms with Crippen molar-refractivity contribution in [2.75, 3.05) is 27.2 Å². The number of nitrogens with one attached hydrogen (secondary N) is 1. The van der Waals surface area contributed by atoms with Gasteiger partial charge in [0.05, 0.1) is 12.2 Å². The lowest BCUT2D eigenvalue weighted by Gasteiger charge is -2.09. The molecule has 0 amide bonds. The van der Waals surface area contributed by atoms with E-state index < -0.39 is 17.1 Å². The first-order valence-electron chi connectivity index (χ1n) is 6.89. The fraction of sp³-hybridized carbons (Fsp3) is 0.267. The van der Waals surface area contributed by atoms with Gasteiger partial charge in [0.2, 0.25) is 5.88 Å². The highest BCUT2D eigenvalue weighted by Gasteiger charge is 2.13. The van der Waals surface area contributed by atoms with E-state index in [0.29, 0.717) is 23.8 Å². The Kier molecular flexibility index (Phi) is 5.36. The Labute approximate surface area is 137 Å². The Morgan fingerprint density at radius 2 is 1.96 bits per heavy atom. The van der Waals surface area contributed by atoms with Crippen molar-refractivity contribution in [3.05, 3.63) is 55.7 Å². The summed E-state index contributed by atoms with van der Waals surface area (Å²) in [6.45, 7) is 1.16. The van der Waals surface area contributed by atoms with Crippen molar-refractivity contribution in [2.45, 2.75) is 0 Å². The average Bonchev–Trinajstić information content (AvgIpc) is 2.47. The molecule has 0 fully saturated rings. The fourth-order valence-corrected chi connectivity index (χ4v) is 2.02. The molecule has 0 spiro atoms. The number of halogens is 1. The van der Waals surface area contributed by atoms with Crippen LogP contribution in [-0.4, -0.2) is 53.0 Å². The molecule has 0 radical (unpaired) electrons. The summed E-state index contributed by atoms with van der Waals surface area (Å²) in [5, 5.41) is 10.8. The van der Waals surface area contributed by atoms with Gasteiger partial charge in [0.15, 0.2) is 0 Å². The van der Waals surface area contributed by atoms with Gasteiger partial charge in [0, 0.05) is 17.8 Å². The molecule has 0 saturated carbocycles. The number of hydrogen-bond donors (Lipinski definition) is 2. The lowest BCUT2D eigenvalue weighted by molar-refractivity contribution is 0.420. The molecular weight excluding hydrogens is 320 g/mol. The summed E-state index contributed by atoms with van der Waals surface area (Å²) >= 11 is 5.81. The molecule has 1 aromatic carbocycles. The van der Waals surface area contributed by atoms with E-state index in [4.69, 9.17) is 11.6 Å². The van der Waals surface area contributed by atoms with Crippen LogP contribution in [-0.2, 0) is 0 Å². The number of hydrogen-bond acceptors (Lipinski definition) is 5. The summed E-state index contributed by atoms with van der Waals surface area (Å²) in [5.74, 6) is -0.463. The molecule has 8 heteroatoms. The van der Waals surface area contributed by atoms with Gasteiger partial charge in [-0.05, 0) is 38.4 Å². The fourth-order valence-electron chi connectivity index (χ4n) is 1.90. The average molecular weight is 337 g/mol. The van der Waals surface area contributed by atoms with Crippen LogP contribution in [0.5, 0.6) is 5.88 Å². The molecular formula is C15H17ClN4O3. The standard InChI is InChI=1S/C15H17ClN4O3/c1-19(2)8-7-17-9-12-13(21)18-15(23)20(14(12)22)11-5-3-10(16)4-6-11/h3-6,9,22H,7-8H2,1-2H3,(H,18,21,23). The number of aromatic hydroxyl groups is 1. The summed E-state index contributed by atoms with van der Waals surface area (Å²) in [7, 11) is 3.81. The zero-order valence-electron chi connectivity index (χ0n) is 12.8. The zero-order valence-corrected chi connectivity index (χ0v) is 13.5. The van der Waals surface area contributed by atoms with Crippen LogP contribution in [0.4, 0.5) is 0 Å². The van der Waals surface area contributed by atoms with E-state index in [-0.39, 0.29) is 5.56 Å². The van der Waals surface area contributed by atoms with Gasteiger partial charge in [0.25, 0.3) is 5.56 Å². The normalized spacial score (nSPS) is 11.5. The second kappa shape index (κ2) is 7.26. The number of benzene rings is 1. The largest absolute Gasteiger partial charge is 0.493 e. The second-order valence-corrected chi connectivity index (χ2v) is 5.58. The van der Waals surface area contributed by atoms with Crippen LogP contribution >= 0.6 is 11.6 Å². The predicted molar refractivity (Wildman–Crippen MR) is 90.3 cm³/mol. The van der Waals surface area contributed by atoms with Gasteiger partial charge in [-0.1, -0.05) is 11.6 Å². The van der Waals surface area contributed by atoms with E-state index >= 15 is 0 Å². The molecule has 2 aromatic rings. The van der Waals surface area contributed by atoms with E-state index in [9.17, 15) is 14.7 Å². The van der Waals surface area contributed by atoms with Gasteiger partial charge >= 0.3 is 5.69 Å². The minimum Gasteiger partial charge on any atom is -0.493 e. The lowest BCUT2D eigenvalue weighted by atomic mass is 10.3. The quantitative estimate of drug-likeness (QED) is 0.792. The number of H-pyrrole nitrogens is 1. The zero-order chi connectivity index (χ0) is 17.0. The molecule has 2 N–H and O–H groups in total. The van der Waals surface area contributed by atoms with Crippen LogP contribution < -0.4 is 11.2 Å². The van der Waals surface area contributed by atoms with Crippen LogP contribution in [0, 0.1) is 0 Å². The van der Waals surface area contributed by atoms with Gasteiger partial charge in [-0.2, -0.15) is 0 Å². The minimum atomic E-state index is -0.736. The Morgan fingerprint density at radius 1 is 1.30 bits per heavy atom. The van der Waals surface area contributed by atoms with Crippen molar-refractivity contribution < 1.29 is 5.11 Å². The van der Waals surface area contributed by atoms with Crippen molar-refractivity contribution in [3.8, 4) is 11.6 Å². The highest BCUT2D eigenvalue weighted by Crippen LogP contribution is 2.17. The number of rotatable bonds is 5. The van der Waals surface area contributed by atoms with Crippen molar-refractivity contribution in [3.63, 3.8) is 0 Å². The molecule has 0 unspecified atom stereocenters. The van der Waals surface area contributed by atoms with Crippen molar-refractivity contribution in [1.82, 2.24) is 14.5 Å². The lowest BCUT2D eigenvalue weighted by Crippen LogP contribution is -2.31. The summed E-state index contributed by atoms with van der Waals surface area (Å²) < 4.78 is 0.991. The first kappa shape index (κ1) is 17.0. The van der Waals surface area contributed by atoms with E-state index in [1.165, 1.54) is 6.21 Å². The van der Waals surface area contributed by atoms with Gasteiger partial charge in [-0.3, -0.25) is 14.8 Å². The summed E-state index contributed by atoms with van der Waals surface area (Å²) in [5.41, 5.74) is -1.11. The van der Waals surface area contributed by atoms with Gasteiger partial charge in [0.1, 0.15) is 5.56 Å². The van der Waals surface area contributed by atoms with E-state index in [0.717, 1.165) is 4.57 Å². The molecule has 0 aliphatic rings. The Bertz CT molecular complexity index is 822. The third-order valence-corrected chi connectivity index (χ3v) is 3.35. The molecule has 0 bridgehead atoms. The monoisotopic (exact) mass is 336 g/mol. The van der Waals surface area contributed by atoms with Gasteiger partial charge in [-0.15, -0.1) is 0 Å². The van der Waals surface area contributed by atoms with Crippen LogP contribution in [0.15, 0.2) is 38.8 Å². The molecule has 0 atom stereocenters. The number of aromatic amines is 1. The van der Waals surface area contributed by atoms with Gasteiger partial charge < -0.3 is 10.0 Å². The van der Waals surface area contributed by atoms with E-state index in [1.807, 2.05) is 19.0 Å². The van der Waals surface area contributed by atoms with Crippen LogP contribution in [0.2, 0.25) is 5.02 Å². The maximum atomic E-state index is 12.0. The summed E-state index contributed by atoms with van der Waals surface area (Å²) in [6.07, 6.45) is 1.27. The minimum absolute atomic E-state index is 0.0710. The molecule has 122 valence electrons. The highest BCUT2D eigenvalue weighted by atomic mass is 35.5. The van der Waals surface area contributed by atoms with E-state index in [1.54, 1.807) is 24.3 Å². The molecule has 2 rings (SSSR count). The molecule has 0 aliphatic carbocycles. The Morgan fingerprint density at radius 3 is 2.57 bits per heavy atom. The first-order valence-corrected chi connectivity index (χ1v) is 7.26. The maximum absolute atomic E-state index is 12.0. The Hall–Kier alpha value is -2.38. The van der Waals surface area contributed by atoms with Crippen molar-refractivity contribution in [1.29, 1.82) is 0 Å². The number of nitrogens with zero attached hydrogens (tertiary/aromatic N) is 3. The van der Waals surface area contributed by atoms with E-state index in [2.05, 4.69) is 9.98 Å². The number of aliphatic imine (C=N–C) groups is 1. The molecule has 1 heterocycles. The molecule has 0 aliphatic heterocycles. The van der Waals surface area contributed by atoms with Crippen LogP contribution in [0.3, 0.4) is 0 Å². The first-order chi connectivity index (χ1) is 10.9. The van der Waals surface area contributed by atoms with Crippen LogP contribution in [0.25, 0.3) is 5.69 Å².